The van der Waals surface area contributed by atoms with E-state index in [9.17, 15) is 9.59 Å². The third-order valence-corrected chi connectivity index (χ3v) is 4.04. The van der Waals surface area contributed by atoms with Gasteiger partial charge in [-0.1, -0.05) is 12.0 Å². The van der Waals surface area contributed by atoms with E-state index in [4.69, 9.17) is 16.2 Å². The van der Waals surface area contributed by atoms with Gasteiger partial charge >= 0.3 is 0 Å². The van der Waals surface area contributed by atoms with Crippen LogP contribution in [0.2, 0.25) is 0 Å². The maximum atomic E-state index is 12.9. The molecule has 0 saturated carbocycles. The lowest BCUT2D eigenvalue weighted by Crippen LogP contribution is -2.29. The van der Waals surface area contributed by atoms with Gasteiger partial charge in [0.05, 0.1) is 31.0 Å². The molecule has 7 heteroatoms. The van der Waals surface area contributed by atoms with Gasteiger partial charge in [-0.25, -0.2) is 24.5 Å². The number of nitrogens with zero attached hydrogens (tertiary/aromatic N) is 1. The standard InChI is InChI=1S/C20H17NO6/c1-4-13-5-6-17-18(10-13)20(23)21(19(17)22)16-8-14(11-26-24-2)7-15(9-16)12-27-25-3/h1,5-10H,11-12H2,2-3H3. The highest BCUT2D eigenvalue weighted by molar-refractivity contribution is 6.34. The van der Waals surface area contributed by atoms with Crippen LogP contribution in [0.15, 0.2) is 36.4 Å². The molecule has 7 nitrogen and oxygen atoms in total. The van der Waals surface area contributed by atoms with E-state index in [0.717, 1.165) is 4.90 Å². The van der Waals surface area contributed by atoms with Crippen LogP contribution in [0.25, 0.3) is 0 Å². The summed E-state index contributed by atoms with van der Waals surface area (Å²) in [5.74, 6) is 1.62. The summed E-state index contributed by atoms with van der Waals surface area (Å²) in [7, 11) is 2.79. The SMILES string of the molecule is C#Cc1ccc2c(c1)C(=O)N(c1cc(COOC)cc(COOC)c1)C2=O. The molecule has 2 aromatic carbocycles. The molecule has 1 aliphatic rings. The first kappa shape index (κ1) is 18.8. The number of benzene rings is 2. The number of rotatable bonds is 7. The summed E-state index contributed by atoms with van der Waals surface area (Å²) in [4.78, 5) is 45.9. The van der Waals surface area contributed by atoms with Crippen molar-refractivity contribution >= 4 is 17.5 Å². The minimum Gasteiger partial charge on any atom is -0.268 e. The molecular weight excluding hydrogens is 350 g/mol. The van der Waals surface area contributed by atoms with Crippen molar-refractivity contribution in [3.05, 3.63) is 64.2 Å². The van der Waals surface area contributed by atoms with Gasteiger partial charge in [0.15, 0.2) is 0 Å². The quantitative estimate of drug-likeness (QED) is 0.324. The lowest BCUT2D eigenvalue weighted by molar-refractivity contribution is -0.283. The van der Waals surface area contributed by atoms with Gasteiger partial charge in [0.1, 0.15) is 13.2 Å². The Kier molecular flexibility index (Phi) is 5.64. The number of hydrogen-bond donors (Lipinski definition) is 0. The molecule has 0 atom stereocenters. The lowest BCUT2D eigenvalue weighted by atomic mass is 10.1. The van der Waals surface area contributed by atoms with Crippen molar-refractivity contribution in [2.45, 2.75) is 13.2 Å². The number of carbonyl (C=O) groups is 2. The molecular formula is C20H17NO6. The second kappa shape index (κ2) is 8.12. The number of terminal acetylenes is 1. The number of amides is 2. The molecule has 0 radical (unpaired) electrons. The molecule has 27 heavy (non-hydrogen) atoms. The van der Waals surface area contributed by atoms with Crippen LogP contribution in [-0.4, -0.2) is 26.0 Å². The first-order valence-electron chi connectivity index (χ1n) is 8.02. The Morgan fingerprint density at radius 2 is 1.48 bits per heavy atom. The summed E-state index contributed by atoms with van der Waals surface area (Å²) in [5.41, 5.74) is 2.93. The Balaban J connectivity index is 2.00. The van der Waals surface area contributed by atoms with Crippen molar-refractivity contribution in [3.8, 4) is 12.3 Å². The van der Waals surface area contributed by atoms with E-state index in [1.165, 1.54) is 14.2 Å². The van der Waals surface area contributed by atoms with Gasteiger partial charge in [0.2, 0.25) is 0 Å². The predicted molar refractivity (Wildman–Crippen MR) is 95.6 cm³/mol. The van der Waals surface area contributed by atoms with Crippen molar-refractivity contribution < 1.29 is 29.1 Å². The maximum absolute atomic E-state index is 12.9. The maximum Gasteiger partial charge on any atom is 0.266 e. The van der Waals surface area contributed by atoms with E-state index >= 15 is 0 Å². The molecule has 3 rings (SSSR count). The average molecular weight is 367 g/mol. The van der Waals surface area contributed by atoms with Gasteiger partial charge in [-0.05, 0) is 41.5 Å². The van der Waals surface area contributed by atoms with Gasteiger partial charge in [-0.3, -0.25) is 9.59 Å². The number of imide groups is 1. The molecule has 138 valence electrons. The molecule has 1 heterocycles. The zero-order chi connectivity index (χ0) is 19.4. The van der Waals surface area contributed by atoms with Crippen LogP contribution in [-0.2, 0) is 32.8 Å². The fourth-order valence-electron chi connectivity index (χ4n) is 2.86. The zero-order valence-electron chi connectivity index (χ0n) is 14.9. The van der Waals surface area contributed by atoms with Crippen molar-refractivity contribution in [2.24, 2.45) is 0 Å². The van der Waals surface area contributed by atoms with Crippen LogP contribution in [0.1, 0.15) is 37.4 Å². The summed E-state index contributed by atoms with van der Waals surface area (Å²) in [6, 6.07) is 9.91. The minimum absolute atomic E-state index is 0.134. The number of anilines is 1. The highest BCUT2D eigenvalue weighted by atomic mass is 17.2. The Bertz CT molecular complexity index is 904. The van der Waals surface area contributed by atoms with Crippen LogP contribution < -0.4 is 4.90 Å². The van der Waals surface area contributed by atoms with Gasteiger partial charge in [0, 0.05) is 5.56 Å². The first-order valence-corrected chi connectivity index (χ1v) is 8.02. The van der Waals surface area contributed by atoms with Crippen LogP contribution >= 0.6 is 0 Å². The van der Waals surface area contributed by atoms with E-state index in [1.807, 2.05) is 0 Å². The van der Waals surface area contributed by atoms with Gasteiger partial charge in [-0.15, -0.1) is 6.42 Å². The molecule has 0 unspecified atom stereocenters. The Morgan fingerprint density at radius 1 is 0.889 bits per heavy atom. The molecule has 2 amide bonds. The van der Waals surface area contributed by atoms with Gasteiger partial charge in [-0.2, -0.15) is 0 Å². The molecule has 0 bridgehead atoms. The smallest absolute Gasteiger partial charge is 0.266 e. The summed E-state index contributed by atoms with van der Waals surface area (Å²) in [6.45, 7) is 0.267. The van der Waals surface area contributed by atoms with Gasteiger partial charge < -0.3 is 0 Å². The van der Waals surface area contributed by atoms with Crippen LogP contribution in [0.4, 0.5) is 5.69 Å². The largest absolute Gasteiger partial charge is 0.268 e. The number of carbonyl (C=O) groups excluding carboxylic acids is 2. The molecule has 0 N–H and O–H groups in total. The summed E-state index contributed by atoms with van der Waals surface area (Å²) in [6.07, 6.45) is 5.39. The Morgan fingerprint density at radius 3 is 2.04 bits per heavy atom. The van der Waals surface area contributed by atoms with Crippen LogP contribution in [0, 0.1) is 12.3 Å². The topological polar surface area (TPSA) is 74.3 Å². The minimum atomic E-state index is -0.435. The molecule has 0 spiro atoms. The van der Waals surface area contributed by atoms with Crippen molar-refractivity contribution in [1.82, 2.24) is 0 Å². The second-order valence-electron chi connectivity index (χ2n) is 5.72. The lowest BCUT2D eigenvalue weighted by Gasteiger charge is -2.17. The average Bonchev–Trinajstić information content (AvgIpc) is 2.94. The van der Waals surface area contributed by atoms with E-state index in [1.54, 1.807) is 36.4 Å². The predicted octanol–water partition coefficient (Wildman–Crippen LogP) is 2.62. The van der Waals surface area contributed by atoms with E-state index in [-0.39, 0.29) is 18.8 Å². The molecule has 0 aliphatic carbocycles. The molecule has 1 aliphatic heterocycles. The summed E-state index contributed by atoms with van der Waals surface area (Å²) in [5, 5.41) is 0. The highest BCUT2D eigenvalue weighted by Gasteiger charge is 2.37. The number of hydrogen-bond acceptors (Lipinski definition) is 6. The molecule has 0 saturated heterocycles. The fraction of sp³-hybridized carbons (Fsp3) is 0.200. The number of fused-ring (bicyclic) bond motifs is 1. The van der Waals surface area contributed by atoms with E-state index in [2.05, 4.69) is 15.7 Å². The first-order chi connectivity index (χ1) is 13.1. The van der Waals surface area contributed by atoms with Crippen molar-refractivity contribution in [1.29, 1.82) is 0 Å². The molecule has 0 fully saturated rings. The normalized spacial score (nSPS) is 13.0. The van der Waals surface area contributed by atoms with Crippen LogP contribution in [0.3, 0.4) is 0 Å². The monoisotopic (exact) mass is 367 g/mol. The summed E-state index contributed by atoms with van der Waals surface area (Å²) < 4.78 is 0. The molecule has 0 aromatic heterocycles. The fourth-order valence-corrected chi connectivity index (χ4v) is 2.86. The Hall–Kier alpha value is -3.02. The van der Waals surface area contributed by atoms with Crippen molar-refractivity contribution in [3.63, 3.8) is 0 Å². The van der Waals surface area contributed by atoms with Gasteiger partial charge in [0.25, 0.3) is 11.8 Å². The van der Waals surface area contributed by atoms with E-state index < -0.39 is 11.8 Å². The van der Waals surface area contributed by atoms with Crippen molar-refractivity contribution in [2.75, 3.05) is 19.1 Å². The third kappa shape index (κ3) is 3.74. The third-order valence-electron chi connectivity index (χ3n) is 4.04. The highest BCUT2D eigenvalue weighted by Crippen LogP contribution is 2.31. The second-order valence-corrected chi connectivity index (χ2v) is 5.72. The molecule has 2 aromatic rings. The van der Waals surface area contributed by atoms with Crippen LogP contribution in [0.5, 0.6) is 0 Å². The van der Waals surface area contributed by atoms with E-state index in [0.29, 0.717) is 27.9 Å². The summed E-state index contributed by atoms with van der Waals surface area (Å²) >= 11 is 0. The zero-order valence-corrected chi connectivity index (χ0v) is 14.9. The Labute approximate surface area is 156 Å².